The van der Waals surface area contributed by atoms with Gasteiger partial charge in [-0.25, -0.2) is 0 Å². The van der Waals surface area contributed by atoms with Gasteiger partial charge in [-0.15, -0.1) is 24.8 Å². The Morgan fingerprint density at radius 1 is 1.37 bits per heavy atom. The zero-order chi connectivity index (χ0) is 12.3. The van der Waals surface area contributed by atoms with E-state index in [-0.39, 0.29) is 42.7 Å². The van der Waals surface area contributed by atoms with Crippen LogP contribution in [0.4, 0.5) is 0 Å². The van der Waals surface area contributed by atoms with Crippen molar-refractivity contribution in [1.29, 1.82) is 0 Å². The molecule has 0 saturated carbocycles. The smallest absolute Gasteiger partial charge is 0.223 e. The number of pyridine rings is 1. The van der Waals surface area contributed by atoms with E-state index in [0.717, 1.165) is 18.8 Å². The van der Waals surface area contributed by atoms with Gasteiger partial charge in [-0.2, -0.15) is 0 Å². The molecule has 2 N–H and O–H groups in total. The molecule has 1 aromatic rings. The molecule has 1 saturated heterocycles. The minimum atomic E-state index is -0.0285. The summed E-state index contributed by atoms with van der Waals surface area (Å²) in [6, 6.07) is 5.71. The van der Waals surface area contributed by atoms with Crippen molar-refractivity contribution in [2.24, 2.45) is 11.8 Å². The molecule has 0 spiro atoms. The third-order valence-electron chi connectivity index (χ3n) is 3.42. The van der Waals surface area contributed by atoms with Crippen molar-refractivity contribution in [1.82, 2.24) is 15.6 Å². The number of hydrogen-bond donors (Lipinski definition) is 2. The molecule has 1 aromatic heterocycles. The second-order valence-electron chi connectivity index (χ2n) is 4.69. The molecule has 19 heavy (non-hydrogen) atoms. The quantitative estimate of drug-likeness (QED) is 0.894. The molecular weight excluding hydrogens is 285 g/mol. The van der Waals surface area contributed by atoms with E-state index in [9.17, 15) is 4.79 Å². The summed E-state index contributed by atoms with van der Waals surface area (Å²) in [5, 5.41) is 6.21. The lowest BCUT2D eigenvalue weighted by molar-refractivity contribution is -0.127. The number of amides is 1. The third-order valence-corrected chi connectivity index (χ3v) is 3.42. The van der Waals surface area contributed by atoms with Crippen molar-refractivity contribution >= 4 is 30.7 Å². The van der Waals surface area contributed by atoms with Gasteiger partial charge < -0.3 is 10.6 Å². The van der Waals surface area contributed by atoms with Gasteiger partial charge in [-0.1, -0.05) is 13.0 Å². The number of halogens is 2. The van der Waals surface area contributed by atoms with Gasteiger partial charge in [-0.3, -0.25) is 9.78 Å². The van der Waals surface area contributed by atoms with Gasteiger partial charge in [0.2, 0.25) is 5.91 Å². The first kappa shape index (κ1) is 18.2. The second kappa shape index (κ2) is 8.35. The maximum atomic E-state index is 12.0. The molecule has 2 unspecified atom stereocenters. The third kappa shape index (κ3) is 4.64. The first-order chi connectivity index (χ1) is 8.18. The molecule has 2 rings (SSSR count). The molecule has 6 heteroatoms. The van der Waals surface area contributed by atoms with E-state index in [1.165, 1.54) is 0 Å². The average molecular weight is 306 g/mol. The highest BCUT2D eigenvalue weighted by atomic mass is 35.5. The van der Waals surface area contributed by atoms with E-state index in [1.807, 2.05) is 32.0 Å². The predicted octanol–water partition coefficient (Wildman–Crippen LogP) is 1.96. The normalized spacial score (nSPS) is 17.2. The van der Waals surface area contributed by atoms with Gasteiger partial charge in [0.1, 0.15) is 0 Å². The van der Waals surface area contributed by atoms with Gasteiger partial charge in [-0.05, 0) is 38.1 Å². The molecule has 1 fully saturated rings. The summed E-state index contributed by atoms with van der Waals surface area (Å²) < 4.78 is 0. The van der Waals surface area contributed by atoms with E-state index < -0.39 is 0 Å². The molecule has 4 nitrogen and oxygen atoms in total. The van der Waals surface area contributed by atoms with Crippen LogP contribution in [0.15, 0.2) is 24.4 Å². The molecule has 1 aliphatic rings. The summed E-state index contributed by atoms with van der Waals surface area (Å²) in [5.74, 6) is 0.669. The summed E-state index contributed by atoms with van der Waals surface area (Å²) in [6.07, 6.45) is 1.75. The van der Waals surface area contributed by atoms with Crippen LogP contribution in [0.3, 0.4) is 0 Å². The maximum absolute atomic E-state index is 12.0. The number of hydrogen-bond acceptors (Lipinski definition) is 3. The molecule has 0 aliphatic carbocycles. The Labute approximate surface area is 126 Å². The van der Waals surface area contributed by atoms with Crippen LogP contribution in [0.5, 0.6) is 0 Å². The van der Waals surface area contributed by atoms with Gasteiger partial charge in [0, 0.05) is 12.1 Å². The maximum Gasteiger partial charge on any atom is 0.223 e. The fourth-order valence-electron chi connectivity index (χ4n) is 1.93. The zero-order valence-corrected chi connectivity index (χ0v) is 12.8. The van der Waals surface area contributed by atoms with E-state index >= 15 is 0 Å². The van der Waals surface area contributed by atoms with Crippen LogP contribution in [0.25, 0.3) is 0 Å². The highest BCUT2D eigenvalue weighted by molar-refractivity contribution is 5.85. The number of nitrogens with zero attached hydrogens (tertiary/aromatic N) is 1. The zero-order valence-electron chi connectivity index (χ0n) is 11.1. The van der Waals surface area contributed by atoms with Crippen molar-refractivity contribution < 1.29 is 4.79 Å². The number of nitrogens with one attached hydrogen (secondary N) is 2. The molecule has 1 aliphatic heterocycles. The molecule has 0 radical (unpaired) electrons. The van der Waals surface area contributed by atoms with Crippen molar-refractivity contribution in [3.63, 3.8) is 0 Å². The minimum absolute atomic E-state index is 0. The highest BCUT2D eigenvalue weighted by Crippen LogP contribution is 2.17. The minimum Gasteiger partial charge on any atom is -0.348 e. The van der Waals surface area contributed by atoms with Gasteiger partial charge >= 0.3 is 0 Å². The van der Waals surface area contributed by atoms with E-state index in [4.69, 9.17) is 0 Å². The topological polar surface area (TPSA) is 54.0 Å². The second-order valence-corrected chi connectivity index (χ2v) is 4.69. The van der Waals surface area contributed by atoms with Crippen LogP contribution in [0.1, 0.15) is 25.6 Å². The van der Waals surface area contributed by atoms with Crippen molar-refractivity contribution in [2.45, 2.75) is 19.9 Å². The molecule has 108 valence electrons. The Hall–Kier alpha value is -0.840. The van der Waals surface area contributed by atoms with Crippen LogP contribution < -0.4 is 10.6 Å². The molecule has 0 bridgehead atoms. The Balaban J connectivity index is 0.00000162. The summed E-state index contributed by atoms with van der Waals surface area (Å²) >= 11 is 0. The largest absolute Gasteiger partial charge is 0.348 e. The van der Waals surface area contributed by atoms with Crippen molar-refractivity contribution in [2.75, 3.05) is 13.1 Å². The SMILES string of the molecule is CC(NC(=O)C(C)C1CNC1)c1ccccn1.Cl.Cl. The average Bonchev–Trinajstić information content (AvgIpc) is 2.27. The first-order valence-electron chi connectivity index (χ1n) is 6.10. The van der Waals surface area contributed by atoms with E-state index in [0.29, 0.717) is 5.92 Å². The lowest BCUT2D eigenvalue weighted by Gasteiger charge is -2.32. The summed E-state index contributed by atoms with van der Waals surface area (Å²) in [6.45, 7) is 5.86. The Morgan fingerprint density at radius 3 is 2.53 bits per heavy atom. The van der Waals surface area contributed by atoms with Gasteiger partial charge in [0.25, 0.3) is 0 Å². The molecule has 2 heterocycles. The fraction of sp³-hybridized carbons (Fsp3) is 0.538. The molecule has 1 amide bonds. The van der Waals surface area contributed by atoms with Gasteiger partial charge in [0.15, 0.2) is 0 Å². The number of carbonyl (C=O) groups is 1. The summed E-state index contributed by atoms with van der Waals surface area (Å²) in [4.78, 5) is 16.2. The van der Waals surface area contributed by atoms with E-state index in [2.05, 4.69) is 15.6 Å². The predicted molar refractivity (Wildman–Crippen MR) is 80.8 cm³/mol. The lowest BCUT2D eigenvalue weighted by Crippen LogP contribution is -2.49. The standard InChI is InChI=1S/C13H19N3O.2ClH/c1-9(11-7-14-8-11)13(17)16-10(2)12-5-3-4-6-15-12;;/h3-6,9-11,14H,7-8H2,1-2H3,(H,16,17);2*1H. The van der Waals surface area contributed by atoms with Crippen LogP contribution >= 0.6 is 24.8 Å². The summed E-state index contributed by atoms with van der Waals surface area (Å²) in [5.41, 5.74) is 0.903. The monoisotopic (exact) mass is 305 g/mol. The highest BCUT2D eigenvalue weighted by Gasteiger charge is 2.29. The Morgan fingerprint density at radius 2 is 2.05 bits per heavy atom. The van der Waals surface area contributed by atoms with Crippen molar-refractivity contribution in [3.05, 3.63) is 30.1 Å². The summed E-state index contributed by atoms with van der Waals surface area (Å²) in [7, 11) is 0. The van der Waals surface area contributed by atoms with Crippen LogP contribution in [-0.4, -0.2) is 24.0 Å². The number of aromatic nitrogens is 1. The Kier molecular flexibility index (Phi) is 7.99. The first-order valence-corrected chi connectivity index (χ1v) is 6.10. The van der Waals surface area contributed by atoms with Crippen molar-refractivity contribution in [3.8, 4) is 0 Å². The molecular formula is C13H21Cl2N3O. The fourth-order valence-corrected chi connectivity index (χ4v) is 1.93. The Bertz CT molecular complexity index is 385. The van der Waals surface area contributed by atoms with Crippen LogP contribution in [-0.2, 0) is 4.79 Å². The molecule has 0 aromatic carbocycles. The van der Waals surface area contributed by atoms with Crippen LogP contribution in [0, 0.1) is 11.8 Å². The van der Waals surface area contributed by atoms with E-state index in [1.54, 1.807) is 6.20 Å². The van der Waals surface area contributed by atoms with Crippen LogP contribution in [0.2, 0.25) is 0 Å². The number of rotatable bonds is 4. The van der Waals surface area contributed by atoms with Gasteiger partial charge in [0.05, 0.1) is 11.7 Å². The lowest BCUT2D eigenvalue weighted by atomic mass is 9.88. The number of carbonyl (C=O) groups excluding carboxylic acids is 1. The molecule has 2 atom stereocenters.